The summed E-state index contributed by atoms with van der Waals surface area (Å²) < 4.78 is 6.40. The fraction of sp³-hybridized carbons (Fsp3) is 0.692. The standard InChI is InChI=1S/C13H20N4O3/c1-3-9(4-2)12(18)14-7-10-8-17(16-15-10)11-5-6-20-13(11)19/h8-9,11H,3-7H2,1-2H3,(H,14,18). The van der Waals surface area contributed by atoms with Gasteiger partial charge in [0.2, 0.25) is 5.91 Å². The molecule has 1 aliphatic rings. The van der Waals surface area contributed by atoms with Crippen LogP contribution in [0.3, 0.4) is 0 Å². The smallest absolute Gasteiger partial charge is 0.331 e. The maximum Gasteiger partial charge on any atom is 0.331 e. The third-order valence-electron chi connectivity index (χ3n) is 3.58. The summed E-state index contributed by atoms with van der Waals surface area (Å²) in [4.78, 5) is 23.3. The van der Waals surface area contributed by atoms with Gasteiger partial charge in [-0.15, -0.1) is 5.10 Å². The first-order valence-corrected chi connectivity index (χ1v) is 7.00. The summed E-state index contributed by atoms with van der Waals surface area (Å²) in [7, 11) is 0. The summed E-state index contributed by atoms with van der Waals surface area (Å²) >= 11 is 0. The number of aromatic nitrogens is 3. The molecule has 7 nitrogen and oxygen atoms in total. The van der Waals surface area contributed by atoms with Crippen molar-refractivity contribution in [2.45, 2.75) is 45.7 Å². The number of cyclic esters (lactones) is 1. The molecular weight excluding hydrogens is 260 g/mol. The van der Waals surface area contributed by atoms with Gasteiger partial charge < -0.3 is 10.1 Å². The van der Waals surface area contributed by atoms with Gasteiger partial charge in [0.25, 0.3) is 0 Å². The first kappa shape index (κ1) is 14.5. The van der Waals surface area contributed by atoms with E-state index in [0.29, 0.717) is 25.3 Å². The van der Waals surface area contributed by atoms with Crippen molar-refractivity contribution in [3.63, 3.8) is 0 Å². The summed E-state index contributed by atoms with van der Waals surface area (Å²) in [5.74, 6) is -0.206. The van der Waals surface area contributed by atoms with Crippen LogP contribution in [0.4, 0.5) is 0 Å². The van der Waals surface area contributed by atoms with E-state index in [2.05, 4.69) is 15.6 Å². The van der Waals surface area contributed by atoms with Crippen molar-refractivity contribution in [3.05, 3.63) is 11.9 Å². The van der Waals surface area contributed by atoms with Crippen molar-refractivity contribution in [1.29, 1.82) is 0 Å². The molecule has 2 rings (SSSR count). The number of ether oxygens (including phenoxy) is 1. The molecule has 0 radical (unpaired) electrons. The molecule has 20 heavy (non-hydrogen) atoms. The average molecular weight is 280 g/mol. The molecule has 0 saturated carbocycles. The van der Waals surface area contributed by atoms with Gasteiger partial charge in [-0.3, -0.25) is 4.79 Å². The van der Waals surface area contributed by atoms with Gasteiger partial charge in [-0.25, -0.2) is 9.48 Å². The second-order valence-corrected chi connectivity index (χ2v) is 4.89. The molecule has 7 heteroatoms. The fourth-order valence-electron chi connectivity index (χ4n) is 2.25. The highest BCUT2D eigenvalue weighted by atomic mass is 16.5. The third-order valence-corrected chi connectivity index (χ3v) is 3.58. The van der Waals surface area contributed by atoms with Crippen molar-refractivity contribution in [2.24, 2.45) is 5.92 Å². The van der Waals surface area contributed by atoms with E-state index in [1.165, 1.54) is 4.68 Å². The SMILES string of the molecule is CCC(CC)C(=O)NCc1cn(C2CCOC2=O)nn1. The molecule has 1 atom stereocenters. The maximum atomic E-state index is 11.9. The quantitative estimate of drug-likeness (QED) is 0.780. The fourth-order valence-corrected chi connectivity index (χ4v) is 2.25. The second-order valence-electron chi connectivity index (χ2n) is 4.89. The lowest BCUT2D eigenvalue weighted by Crippen LogP contribution is -2.29. The Morgan fingerprint density at radius 3 is 2.90 bits per heavy atom. The Morgan fingerprint density at radius 2 is 2.30 bits per heavy atom. The molecule has 1 amide bonds. The minimum atomic E-state index is -0.383. The Balaban J connectivity index is 1.90. The van der Waals surface area contributed by atoms with Gasteiger partial charge in [0.1, 0.15) is 5.69 Å². The zero-order valence-corrected chi connectivity index (χ0v) is 11.8. The number of carbonyl (C=O) groups excluding carboxylic acids is 2. The molecule has 1 fully saturated rings. The first-order valence-electron chi connectivity index (χ1n) is 7.00. The van der Waals surface area contributed by atoms with Crippen LogP contribution in [0.15, 0.2) is 6.20 Å². The van der Waals surface area contributed by atoms with Crippen LogP contribution >= 0.6 is 0 Å². The number of nitrogens with one attached hydrogen (secondary N) is 1. The van der Waals surface area contributed by atoms with Gasteiger partial charge in [0.15, 0.2) is 6.04 Å². The zero-order chi connectivity index (χ0) is 14.5. The monoisotopic (exact) mass is 280 g/mol. The van der Waals surface area contributed by atoms with E-state index < -0.39 is 0 Å². The number of hydrogen-bond donors (Lipinski definition) is 1. The lowest BCUT2D eigenvalue weighted by molar-refractivity contribution is -0.140. The van der Waals surface area contributed by atoms with Crippen LogP contribution in [0.2, 0.25) is 0 Å². The highest BCUT2D eigenvalue weighted by molar-refractivity contribution is 5.78. The Labute approximate surface area is 117 Å². The molecule has 110 valence electrons. The number of carbonyl (C=O) groups is 2. The summed E-state index contributed by atoms with van der Waals surface area (Å²) in [5, 5.41) is 10.7. The minimum absolute atomic E-state index is 0.0322. The highest BCUT2D eigenvalue weighted by Gasteiger charge is 2.29. The molecule has 1 aromatic rings. The number of rotatable bonds is 6. The number of amides is 1. The van der Waals surface area contributed by atoms with Crippen molar-refractivity contribution in [2.75, 3.05) is 6.61 Å². The van der Waals surface area contributed by atoms with Gasteiger partial charge in [-0.2, -0.15) is 0 Å². The maximum absolute atomic E-state index is 11.9. The summed E-state index contributed by atoms with van der Waals surface area (Å²) in [5.41, 5.74) is 0.643. The molecule has 0 bridgehead atoms. The normalized spacial score (nSPS) is 18.4. The summed E-state index contributed by atoms with van der Waals surface area (Å²) in [6, 6.07) is -0.383. The van der Waals surface area contributed by atoms with Gasteiger partial charge in [-0.1, -0.05) is 19.1 Å². The van der Waals surface area contributed by atoms with Crippen LogP contribution in [0.25, 0.3) is 0 Å². The van der Waals surface area contributed by atoms with Crippen LogP contribution in [0.1, 0.15) is 44.8 Å². The highest BCUT2D eigenvalue weighted by Crippen LogP contribution is 2.19. The Hall–Kier alpha value is -1.92. The summed E-state index contributed by atoms with van der Waals surface area (Å²) in [6.07, 6.45) is 3.94. The average Bonchev–Trinajstić information content (AvgIpc) is 3.06. The molecule has 1 N–H and O–H groups in total. The third kappa shape index (κ3) is 3.15. The molecule has 1 aliphatic heterocycles. The van der Waals surface area contributed by atoms with Crippen molar-refractivity contribution in [1.82, 2.24) is 20.3 Å². The van der Waals surface area contributed by atoms with E-state index in [0.717, 1.165) is 12.8 Å². The summed E-state index contributed by atoms with van der Waals surface area (Å²) in [6.45, 7) is 4.74. The molecule has 1 saturated heterocycles. The lowest BCUT2D eigenvalue weighted by atomic mass is 10.0. The molecule has 0 aliphatic carbocycles. The first-order chi connectivity index (χ1) is 9.65. The van der Waals surface area contributed by atoms with Crippen molar-refractivity contribution in [3.8, 4) is 0 Å². The number of hydrogen-bond acceptors (Lipinski definition) is 5. The number of nitrogens with zero attached hydrogens (tertiary/aromatic N) is 3. The van der Waals surface area contributed by atoms with E-state index in [1.54, 1.807) is 6.20 Å². The predicted octanol–water partition coefficient (Wildman–Crippen LogP) is 0.818. The Kier molecular flexibility index (Phi) is 4.70. The molecule has 1 unspecified atom stereocenters. The van der Waals surface area contributed by atoms with Crippen LogP contribution in [-0.2, 0) is 20.9 Å². The van der Waals surface area contributed by atoms with Gasteiger partial charge in [0.05, 0.1) is 19.3 Å². The Morgan fingerprint density at radius 1 is 1.55 bits per heavy atom. The van der Waals surface area contributed by atoms with Crippen LogP contribution in [-0.4, -0.2) is 33.5 Å². The molecular formula is C13H20N4O3. The largest absolute Gasteiger partial charge is 0.464 e. The molecule has 0 spiro atoms. The molecule has 0 aromatic carbocycles. The van der Waals surface area contributed by atoms with Crippen molar-refractivity contribution < 1.29 is 14.3 Å². The lowest BCUT2D eigenvalue weighted by Gasteiger charge is -2.11. The van der Waals surface area contributed by atoms with E-state index in [-0.39, 0.29) is 23.8 Å². The minimum Gasteiger partial charge on any atom is -0.464 e. The van der Waals surface area contributed by atoms with Crippen LogP contribution in [0, 0.1) is 5.92 Å². The van der Waals surface area contributed by atoms with E-state index >= 15 is 0 Å². The molecule has 1 aromatic heterocycles. The molecule has 2 heterocycles. The zero-order valence-electron chi connectivity index (χ0n) is 11.8. The van der Waals surface area contributed by atoms with Crippen LogP contribution < -0.4 is 5.32 Å². The second kappa shape index (κ2) is 6.49. The van der Waals surface area contributed by atoms with Crippen LogP contribution in [0.5, 0.6) is 0 Å². The Bertz CT molecular complexity index is 482. The van der Waals surface area contributed by atoms with E-state index in [9.17, 15) is 9.59 Å². The van der Waals surface area contributed by atoms with E-state index in [1.807, 2.05) is 13.8 Å². The van der Waals surface area contributed by atoms with E-state index in [4.69, 9.17) is 4.74 Å². The topological polar surface area (TPSA) is 86.1 Å². The predicted molar refractivity (Wildman–Crippen MR) is 70.6 cm³/mol. The van der Waals surface area contributed by atoms with Gasteiger partial charge >= 0.3 is 5.97 Å². The van der Waals surface area contributed by atoms with Gasteiger partial charge in [-0.05, 0) is 12.8 Å². The van der Waals surface area contributed by atoms with Crippen molar-refractivity contribution >= 4 is 11.9 Å². The van der Waals surface area contributed by atoms with Gasteiger partial charge in [0, 0.05) is 12.3 Å². The number of esters is 1.